The maximum absolute atomic E-state index is 11.4. The summed E-state index contributed by atoms with van der Waals surface area (Å²) in [5.41, 5.74) is 7.63. The van der Waals surface area contributed by atoms with Crippen molar-refractivity contribution in [3.05, 3.63) is 58.2 Å². The molecule has 2 atom stereocenters. The molecule has 2 nitrogen and oxygen atoms in total. The first-order chi connectivity index (χ1) is 12.9. The molecule has 1 aromatic carbocycles. The number of methoxy groups -OCH3 is 1. The second-order valence-electron chi connectivity index (χ2n) is 10.5. The molecule has 2 heteroatoms. The zero-order valence-corrected chi connectivity index (χ0v) is 18.9. The molecule has 2 aliphatic carbocycles. The summed E-state index contributed by atoms with van der Waals surface area (Å²) in [4.78, 5) is 11.4. The molecule has 0 heterocycles. The van der Waals surface area contributed by atoms with Crippen molar-refractivity contribution < 1.29 is 9.53 Å². The number of ether oxygens (including phenoxy) is 1. The number of hydrogen-bond acceptors (Lipinski definition) is 2. The molecule has 2 aliphatic rings. The summed E-state index contributed by atoms with van der Waals surface area (Å²) >= 11 is 0. The van der Waals surface area contributed by atoms with Gasteiger partial charge in [0.05, 0.1) is 7.11 Å². The highest BCUT2D eigenvalue weighted by Gasteiger charge is 2.51. The van der Waals surface area contributed by atoms with Crippen molar-refractivity contribution >= 4 is 5.97 Å². The SMILES string of the molecule is COC(=O)/C=C(C)/C=C/C1CC1(C)c1cc2c(cc1C)C(C)(C)CCC2(C)C. The Kier molecular flexibility index (Phi) is 5.15. The van der Waals surface area contributed by atoms with Gasteiger partial charge in [0, 0.05) is 6.08 Å². The van der Waals surface area contributed by atoms with Crippen LogP contribution >= 0.6 is 0 Å². The van der Waals surface area contributed by atoms with Crippen LogP contribution in [-0.4, -0.2) is 13.1 Å². The smallest absolute Gasteiger partial charge is 0.330 e. The number of rotatable bonds is 4. The van der Waals surface area contributed by atoms with Crippen molar-refractivity contribution in [2.24, 2.45) is 5.92 Å². The van der Waals surface area contributed by atoms with Crippen LogP contribution in [0.3, 0.4) is 0 Å². The summed E-state index contributed by atoms with van der Waals surface area (Å²) in [6, 6.07) is 4.99. The first-order valence-electron chi connectivity index (χ1n) is 10.5. The van der Waals surface area contributed by atoms with Crippen LogP contribution in [0.2, 0.25) is 0 Å². The third-order valence-electron chi connectivity index (χ3n) is 7.25. The minimum atomic E-state index is -0.295. The maximum atomic E-state index is 11.4. The van der Waals surface area contributed by atoms with Crippen LogP contribution in [0.1, 0.15) is 83.1 Å². The molecule has 1 fully saturated rings. The predicted molar refractivity (Wildman–Crippen MR) is 117 cm³/mol. The monoisotopic (exact) mass is 380 g/mol. The van der Waals surface area contributed by atoms with Gasteiger partial charge in [0.15, 0.2) is 0 Å². The van der Waals surface area contributed by atoms with Crippen LogP contribution in [0, 0.1) is 12.8 Å². The van der Waals surface area contributed by atoms with Crippen molar-refractivity contribution in [2.45, 2.75) is 84.0 Å². The van der Waals surface area contributed by atoms with E-state index < -0.39 is 0 Å². The van der Waals surface area contributed by atoms with E-state index in [1.807, 2.05) is 6.92 Å². The number of carbonyl (C=O) groups is 1. The van der Waals surface area contributed by atoms with Gasteiger partial charge in [-0.3, -0.25) is 0 Å². The molecule has 0 saturated heterocycles. The van der Waals surface area contributed by atoms with Crippen molar-refractivity contribution in [1.82, 2.24) is 0 Å². The average molecular weight is 381 g/mol. The van der Waals surface area contributed by atoms with Gasteiger partial charge in [0.25, 0.3) is 0 Å². The summed E-state index contributed by atoms with van der Waals surface area (Å²) in [6.45, 7) is 16.2. The van der Waals surface area contributed by atoms with Crippen LogP contribution in [0.25, 0.3) is 0 Å². The quantitative estimate of drug-likeness (QED) is 0.348. The molecule has 28 heavy (non-hydrogen) atoms. The topological polar surface area (TPSA) is 26.3 Å². The Labute approximate surface area is 171 Å². The fourth-order valence-electron chi connectivity index (χ4n) is 4.89. The number of benzene rings is 1. The first kappa shape index (κ1) is 20.9. The number of hydrogen-bond donors (Lipinski definition) is 0. The molecular weight excluding hydrogens is 344 g/mol. The molecule has 1 aromatic rings. The Morgan fingerprint density at radius 3 is 2.18 bits per heavy atom. The first-order valence-corrected chi connectivity index (χ1v) is 10.5. The van der Waals surface area contributed by atoms with Crippen molar-refractivity contribution in [2.75, 3.05) is 7.11 Å². The van der Waals surface area contributed by atoms with Crippen LogP contribution in [0.4, 0.5) is 0 Å². The minimum absolute atomic E-state index is 0.193. The summed E-state index contributed by atoms with van der Waals surface area (Å²) in [7, 11) is 1.41. The lowest BCUT2D eigenvalue weighted by Crippen LogP contribution is -2.34. The van der Waals surface area contributed by atoms with Gasteiger partial charge in [0.2, 0.25) is 0 Å². The standard InChI is InChI=1S/C26H36O2/c1-17(13-23(27)28-8)9-10-19-16-26(19,7)20-15-22-21(14-18(20)2)24(3,4)11-12-25(22,5)6/h9-10,13-15,19H,11-12,16H2,1-8H3/b10-9+,17-13+. The third kappa shape index (κ3) is 3.71. The molecule has 152 valence electrons. The largest absolute Gasteiger partial charge is 0.466 e. The summed E-state index contributed by atoms with van der Waals surface area (Å²) in [6.07, 6.45) is 9.53. The summed E-state index contributed by atoms with van der Waals surface area (Å²) in [5.74, 6) is 0.223. The highest BCUT2D eigenvalue weighted by atomic mass is 16.5. The Balaban J connectivity index is 1.91. The Bertz CT molecular complexity index is 853. The van der Waals surface area contributed by atoms with Gasteiger partial charge in [-0.25, -0.2) is 4.79 Å². The van der Waals surface area contributed by atoms with E-state index in [0.29, 0.717) is 5.92 Å². The number of allylic oxidation sites excluding steroid dienone is 3. The van der Waals surface area contributed by atoms with E-state index in [1.54, 1.807) is 11.6 Å². The van der Waals surface area contributed by atoms with Crippen LogP contribution < -0.4 is 0 Å². The van der Waals surface area contributed by atoms with Gasteiger partial charge >= 0.3 is 5.97 Å². The Morgan fingerprint density at radius 1 is 1.04 bits per heavy atom. The van der Waals surface area contributed by atoms with Gasteiger partial charge in [-0.05, 0) is 83.1 Å². The van der Waals surface area contributed by atoms with Gasteiger partial charge in [-0.1, -0.05) is 58.9 Å². The van der Waals surface area contributed by atoms with Crippen LogP contribution in [-0.2, 0) is 25.8 Å². The molecule has 0 amide bonds. The van der Waals surface area contributed by atoms with E-state index in [2.05, 4.69) is 65.8 Å². The van der Waals surface area contributed by atoms with Crippen molar-refractivity contribution in [3.8, 4) is 0 Å². The van der Waals surface area contributed by atoms with Crippen LogP contribution in [0.15, 0.2) is 35.9 Å². The van der Waals surface area contributed by atoms with Gasteiger partial charge in [0.1, 0.15) is 0 Å². The van der Waals surface area contributed by atoms with Gasteiger partial charge in [-0.15, -0.1) is 0 Å². The summed E-state index contributed by atoms with van der Waals surface area (Å²) in [5, 5.41) is 0. The van der Waals surface area contributed by atoms with E-state index in [4.69, 9.17) is 4.74 Å². The molecule has 3 rings (SSSR count). The number of esters is 1. The average Bonchev–Trinajstić information content (AvgIpc) is 3.28. The lowest BCUT2D eigenvalue weighted by Gasteiger charge is -2.42. The number of carbonyl (C=O) groups excluding carboxylic acids is 1. The fraction of sp³-hybridized carbons (Fsp3) is 0.577. The van der Waals surface area contributed by atoms with Crippen molar-refractivity contribution in [3.63, 3.8) is 0 Å². The van der Waals surface area contributed by atoms with E-state index in [0.717, 1.165) is 5.57 Å². The van der Waals surface area contributed by atoms with E-state index in [1.165, 1.54) is 43.1 Å². The molecule has 0 aliphatic heterocycles. The zero-order valence-electron chi connectivity index (χ0n) is 18.9. The second-order valence-corrected chi connectivity index (χ2v) is 10.5. The molecule has 1 saturated carbocycles. The van der Waals surface area contributed by atoms with E-state index in [-0.39, 0.29) is 22.2 Å². The molecule has 0 bridgehead atoms. The zero-order chi connectivity index (χ0) is 20.9. The van der Waals surface area contributed by atoms with Gasteiger partial charge in [-0.2, -0.15) is 0 Å². The molecule has 0 N–H and O–H groups in total. The maximum Gasteiger partial charge on any atom is 0.330 e. The molecule has 2 unspecified atom stereocenters. The normalized spacial score (nSPS) is 28.1. The highest BCUT2D eigenvalue weighted by molar-refractivity contribution is 5.83. The second kappa shape index (κ2) is 6.90. The Hall–Kier alpha value is -1.83. The lowest BCUT2D eigenvalue weighted by atomic mass is 9.62. The van der Waals surface area contributed by atoms with E-state index >= 15 is 0 Å². The number of fused-ring (bicyclic) bond motifs is 1. The molecule has 0 radical (unpaired) electrons. The third-order valence-corrected chi connectivity index (χ3v) is 7.25. The molecule has 0 aromatic heterocycles. The lowest BCUT2D eigenvalue weighted by molar-refractivity contribution is -0.134. The Morgan fingerprint density at radius 2 is 1.61 bits per heavy atom. The number of aryl methyl sites for hydroxylation is 1. The van der Waals surface area contributed by atoms with E-state index in [9.17, 15) is 4.79 Å². The fourth-order valence-corrected chi connectivity index (χ4v) is 4.89. The summed E-state index contributed by atoms with van der Waals surface area (Å²) < 4.78 is 4.71. The molecular formula is C26H36O2. The van der Waals surface area contributed by atoms with Crippen molar-refractivity contribution in [1.29, 1.82) is 0 Å². The minimum Gasteiger partial charge on any atom is -0.466 e. The highest BCUT2D eigenvalue weighted by Crippen LogP contribution is 2.57. The van der Waals surface area contributed by atoms with Crippen LogP contribution in [0.5, 0.6) is 0 Å². The van der Waals surface area contributed by atoms with Gasteiger partial charge < -0.3 is 4.74 Å². The molecule has 0 spiro atoms. The predicted octanol–water partition coefficient (Wildman–Crippen LogP) is 6.30.